The molecular formula is C12H19NO. The maximum atomic E-state index is 11.4. The minimum Gasteiger partial charge on any atom is -0.313 e. The van der Waals surface area contributed by atoms with Gasteiger partial charge in [-0.3, -0.25) is 4.79 Å². The van der Waals surface area contributed by atoms with Gasteiger partial charge in [-0.25, -0.2) is 0 Å². The van der Waals surface area contributed by atoms with Crippen molar-refractivity contribution in [2.24, 2.45) is 0 Å². The van der Waals surface area contributed by atoms with Crippen LogP contribution in [0.3, 0.4) is 0 Å². The van der Waals surface area contributed by atoms with E-state index in [-0.39, 0.29) is 5.91 Å². The molecule has 0 aromatic carbocycles. The number of piperidine rings is 1. The third-order valence-electron chi connectivity index (χ3n) is 2.67. The number of carbonyl (C=O) groups is 1. The second-order valence-electron chi connectivity index (χ2n) is 3.93. The summed E-state index contributed by atoms with van der Waals surface area (Å²) in [5, 5.41) is 0. The Morgan fingerprint density at radius 3 is 2.43 bits per heavy atom. The maximum absolute atomic E-state index is 11.4. The van der Waals surface area contributed by atoms with Crippen molar-refractivity contribution in [1.29, 1.82) is 0 Å². The molecule has 1 saturated heterocycles. The molecule has 0 radical (unpaired) electrons. The smallest absolute Gasteiger partial charge is 0.223 e. The number of allylic oxidation sites excluding steroid dienone is 3. The minimum absolute atomic E-state index is 0.150. The van der Waals surface area contributed by atoms with Crippen molar-refractivity contribution >= 4 is 5.91 Å². The van der Waals surface area contributed by atoms with Crippen LogP contribution in [0, 0.1) is 0 Å². The van der Waals surface area contributed by atoms with Gasteiger partial charge in [-0.05, 0) is 39.2 Å². The Hall–Kier alpha value is -1.05. The van der Waals surface area contributed by atoms with Crippen molar-refractivity contribution < 1.29 is 4.79 Å². The predicted octanol–water partition coefficient (Wildman–Crippen LogP) is 2.87. The summed E-state index contributed by atoms with van der Waals surface area (Å²) < 4.78 is 0. The lowest BCUT2D eigenvalue weighted by Gasteiger charge is -2.31. The normalized spacial score (nSPS) is 20.1. The Bertz CT molecular complexity index is 295. The predicted molar refractivity (Wildman–Crippen MR) is 58.8 cm³/mol. The second-order valence-corrected chi connectivity index (χ2v) is 3.93. The number of likely N-dealkylation sites (tertiary alicyclic amines) is 1. The van der Waals surface area contributed by atoms with Gasteiger partial charge in [0, 0.05) is 19.2 Å². The molecule has 1 fully saturated rings. The van der Waals surface area contributed by atoms with Crippen molar-refractivity contribution in [2.75, 3.05) is 6.54 Å². The first-order chi connectivity index (χ1) is 6.57. The molecule has 1 aliphatic heterocycles. The molecular weight excluding hydrogens is 174 g/mol. The number of hydrogen-bond donors (Lipinski definition) is 0. The topological polar surface area (TPSA) is 20.3 Å². The molecule has 0 atom stereocenters. The number of nitrogens with zero attached hydrogens (tertiary/aromatic N) is 1. The van der Waals surface area contributed by atoms with Crippen LogP contribution in [0.1, 0.15) is 40.5 Å². The molecule has 0 bridgehead atoms. The SMILES string of the molecule is C/C=C1\C(=C(C)C)CCCN1C(C)=O. The molecule has 1 rings (SSSR count). The van der Waals surface area contributed by atoms with Crippen molar-refractivity contribution in [3.8, 4) is 0 Å². The molecule has 0 saturated carbocycles. The van der Waals surface area contributed by atoms with Crippen molar-refractivity contribution in [2.45, 2.75) is 40.5 Å². The Labute approximate surface area is 86.3 Å². The number of amides is 1. The molecule has 1 heterocycles. The quantitative estimate of drug-likeness (QED) is 0.579. The molecule has 0 N–H and O–H groups in total. The fraction of sp³-hybridized carbons (Fsp3) is 0.583. The molecule has 0 spiro atoms. The van der Waals surface area contributed by atoms with E-state index in [2.05, 4.69) is 13.8 Å². The van der Waals surface area contributed by atoms with Crippen molar-refractivity contribution in [1.82, 2.24) is 4.90 Å². The summed E-state index contributed by atoms with van der Waals surface area (Å²) >= 11 is 0. The van der Waals surface area contributed by atoms with Crippen LogP contribution in [0.2, 0.25) is 0 Å². The van der Waals surface area contributed by atoms with Crippen molar-refractivity contribution in [3.63, 3.8) is 0 Å². The molecule has 0 aromatic rings. The van der Waals surface area contributed by atoms with Crippen LogP contribution in [0.4, 0.5) is 0 Å². The van der Waals surface area contributed by atoms with E-state index < -0.39 is 0 Å². The monoisotopic (exact) mass is 193 g/mol. The van der Waals surface area contributed by atoms with Crippen LogP contribution >= 0.6 is 0 Å². The highest BCUT2D eigenvalue weighted by Crippen LogP contribution is 2.28. The van der Waals surface area contributed by atoms with Crippen molar-refractivity contribution in [3.05, 3.63) is 22.9 Å². The fourth-order valence-corrected chi connectivity index (χ4v) is 1.99. The zero-order valence-corrected chi connectivity index (χ0v) is 9.55. The second kappa shape index (κ2) is 4.45. The van der Waals surface area contributed by atoms with Gasteiger partial charge in [0.2, 0.25) is 5.91 Å². The van der Waals surface area contributed by atoms with E-state index in [1.165, 1.54) is 11.1 Å². The van der Waals surface area contributed by atoms with Gasteiger partial charge in [0.1, 0.15) is 0 Å². The van der Waals surface area contributed by atoms with Crippen LogP contribution in [0.25, 0.3) is 0 Å². The summed E-state index contributed by atoms with van der Waals surface area (Å²) in [5.74, 6) is 0.150. The maximum Gasteiger partial charge on any atom is 0.223 e. The molecule has 1 amide bonds. The molecule has 1 aliphatic rings. The van der Waals surface area contributed by atoms with E-state index in [9.17, 15) is 4.79 Å². The third kappa shape index (κ3) is 2.06. The lowest BCUT2D eigenvalue weighted by Crippen LogP contribution is -2.33. The van der Waals surface area contributed by atoms with Gasteiger partial charge in [0.15, 0.2) is 0 Å². The molecule has 0 unspecified atom stereocenters. The summed E-state index contributed by atoms with van der Waals surface area (Å²) in [4.78, 5) is 13.3. The molecule has 2 nitrogen and oxygen atoms in total. The number of carbonyl (C=O) groups excluding carboxylic acids is 1. The fourth-order valence-electron chi connectivity index (χ4n) is 1.99. The van der Waals surface area contributed by atoms with E-state index >= 15 is 0 Å². The summed E-state index contributed by atoms with van der Waals surface area (Å²) in [6.45, 7) is 8.73. The molecule has 78 valence electrons. The molecule has 0 aromatic heterocycles. The first-order valence-corrected chi connectivity index (χ1v) is 5.19. The van der Waals surface area contributed by atoms with E-state index in [4.69, 9.17) is 0 Å². The van der Waals surface area contributed by atoms with E-state index in [0.717, 1.165) is 25.1 Å². The van der Waals surface area contributed by atoms with Gasteiger partial charge in [-0.2, -0.15) is 0 Å². The van der Waals surface area contributed by atoms with Gasteiger partial charge in [0.25, 0.3) is 0 Å². The van der Waals surface area contributed by atoms with Gasteiger partial charge in [-0.1, -0.05) is 11.6 Å². The summed E-state index contributed by atoms with van der Waals surface area (Å²) in [6, 6.07) is 0. The zero-order valence-electron chi connectivity index (χ0n) is 9.55. The molecule has 2 heteroatoms. The Balaban J connectivity index is 3.05. The highest BCUT2D eigenvalue weighted by molar-refractivity contribution is 5.76. The van der Waals surface area contributed by atoms with E-state index in [1.54, 1.807) is 6.92 Å². The first-order valence-electron chi connectivity index (χ1n) is 5.19. The van der Waals surface area contributed by atoms with Gasteiger partial charge in [-0.15, -0.1) is 0 Å². The van der Waals surface area contributed by atoms with Crippen LogP contribution in [-0.2, 0) is 4.79 Å². The average molecular weight is 193 g/mol. The lowest BCUT2D eigenvalue weighted by atomic mass is 9.96. The van der Waals surface area contributed by atoms with Gasteiger partial charge >= 0.3 is 0 Å². The number of hydrogen-bond acceptors (Lipinski definition) is 1. The van der Waals surface area contributed by atoms with Crippen LogP contribution in [0.5, 0.6) is 0 Å². The largest absolute Gasteiger partial charge is 0.313 e. The summed E-state index contributed by atoms with van der Waals surface area (Å²) in [5.41, 5.74) is 3.78. The number of rotatable bonds is 0. The Kier molecular flexibility index (Phi) is 3.50. The third-order valence-corrected chi connectivity index (χ3v) is 2.67. The zero-order chi connectivity index (χ0) is 10.7. The summed E-state index contributed by atoms with van der Waals surface area (Å²) in [6.07, 6.45) is 4.23. The van der Waals surface area contributed by atoms with E-state index in [1.807, 2.05) is 17.9 Å². The Morgan fingerprint density at radius 1 is 1.36 bits per heavy atom. The van der Waals surface area contributed by atoms with Crippen LogP contribution in [0.15, 0.2) is 22.9 Å². The average Bonchev–Trinajstić information content (AvgIpc) is 2.16. The van der Waals surface area contributed by atoms with Crippen LogP contribution < -0.4 is 0 Å². The molecule has 0 aliphatic carbocycles. The van der Waals surface area contributed by atoms with Gasteiger partial charge < -0.3 is 4.90 Å². The highest BCUT2D eigenvalue weighted by Gasteiger charge is 2.22. The minimum atomic E-state index is 0.150. The van der Waals surface area contributed by atoms with Gasteiger partial charge in [0.05, 0.1) is 0 Å². The Morgan fingerprint density at radius 2 is 2.00 bits per heavy atom. The lowest BCUT2D eigenvalue weighted by molar-refractivity contribution is -0.127. The standard InChI is InChI=1S/C12H19NO/c1-5-12-11(9(2)3)7-6-8-13(12)10(4)14/h5H,6-8H2,1-4H3/b12-5+. The first kappa shape index (κ1) is 11.0. The van der Waals surface area contributed by atoms with Crippen LogP contribution in [-0.4, -0.2) is 17.4 Å². The van der Waals surface area contributed by atoms with E-state index in [0.29, 0.717) is 0 Å². The molecule has 14 heavy (non-hydrogen) atoms. The summed E-state index contributed by atoms with van der Waals surface area (Å²) in [7, 11) is 0. The highest BCUT2D eigenvalue weighted by atomic mass is 16.2.